The molecule has 0 aliphatic carbocycles. The van der Waals surface area contributed by atoms with Crippen LogP contribution in [-0.4, -0.2) is 28.9 Å². The Morgan fingerprint density at radius 3 is 3.27 bits per heavy atom. The highest BCUT2D eigenvalue weighted by Gasteiger charge is 2.10. The second-order valence-corrected chi connectivity index (χ2v) is 4.28. The Morgan fingerprint density at radius 1 is 1.53 bits per heavy atom. The van der Waals surface area contributed by atoms with E-state index in [1.165, 1.54) is 31.4 Å². The van der Waals surface area contributed by atoms with Crippen LogP contribution in [0.15, 0.2) is 12.4 Å². The van der Waals surface area contributed by atoms with Crippen molar-refractivity contribution >= 4 is 0 Å². The van der Waals surface area contributed by atoms with Crippen LogP contribution in [0.25, 0.3) is 0 Å². The molecular weight excluding hydrogens is 188 g/mol. The maximum absolute atomic E-state index is 4.16. The fourth-order valence-corrected chi connectivity index (χ4v) is 2.05. The van der Waals surface area contributed by atoms with E-state index in [0.29, 0.717) is 6.04 Å². The third kappa shape index (κ3) is 3.32. The van der Waals surface area contributed by atoms with E-state index in [0.717, 1.165) is 13.1 Å². The van der Waals surface area contributed by atoms with Crippen LogP contribution < -0.4 is 10.6 Å². The molecular formula is C11H20N4. The van der Waals surface area contributed by atoms with E-state index in [9.17, 15) is 0 Å². The summed E-state index contributed by atoms with van der Waals surface area (Å²) < 4.78 is 1.85. The van der Waals surface area contributed by atoms with E-state index in [1.54, 1.807) is 0 Å². The fraction of sp³-hybridized carbons (Fsp3) is 0.727. The zero-order valence-electron chi connectivity index (χ0n) is 9.37. The van der Waals surface area contributed by atoms with Gasteiger partial charge in [0, 0.05) is 31.4 Å². The second kappa shape index (κ2) is 5.28. The molecule has 4 heteroatoms. The molecule has 2 rings (SSSR count). The molecule has 2 N–H and O–H groups in total. The molecule has 1 saturated heterocycles. The van der Waals surface area contributed by atoms with E-state index in [2.05, 4.69) is 21.9 Å². The quantitative estimate of drug-likeness (QED) is 0.766. The van der Waals surface area contributed by atoms with Crippen molar-refractivity contribution in [2.75, 3.05) is 13.1 Å². The van der Waals surface area contributed by atoms with E-state index >= 15 is 0 Å². The number of hydrogen-bond donors (Lipinski definition) is 2. The molecule has 0 radical (unpaired) electrons. The summed E-state index contributed by atoms with van der Waals surface area (Å²) in [6.45, 7) is 3.26. The van der Waals surface area contributed by atoms with Crippen LogP contribution in [0.3, 0.4) is 0 Å². The molecule has 1 aromatic heterocycles. The smallest absolute Gasteiger partial charge is 0.0534 e. The van der Waals surface area contributed by atoms with Gasteiger partial charge in [-0.15, -0.1) is 0 Å². The van der Waals surface area contributed by atoms with Gasteiger partial charge >= 0.3 is 0 Å². The molecule has 1 fully saturated rings. The predicted octanol–water partition coefficient (Wildman–Crippen LogP) is 0.652. The average Bonchev–Trinajstić information content (AvgIpc) is 2.52. The molecule has 0 amide bonds. The van der Waals surface area contributed by atoms with Gasteiger partial charge in [0.15, 0.2) is 0 Å². The fourth-order valence-electron chi connectivity index (χ4n) is 2.05. The van der Waals surface area contributed by atoms with Crippen LogP contribution in [0.5, 0.6) is 0 Å². The van der Waals surface area contributed by atoms with Crippen molar-refractivity contribution in [1.29, 1.82) is 0 Å². The van der Waals surface area contributed by atoms with Crippen LogP contribution in [0.1, 0.15) is 24.8 Å². The van der Waals surface area contributed by atoms with Crippen LogP contribution in [0.2, 0.25) is 0 Å². The summed E-state index contributed by atoms with van der Waals surface area (Å²) in [6.07, 6.45) is 7.81. The summed E-state index contributed by atoms with van der Waals surface area (Å²) in [5, 5.41) is 11.2. The zero-order valence-corrected chi connectivity index (χ0v) is 9.37. The minimum atomic E-state index is 0.667. The van der Waals surface area contributed by atoms with E-state index in [4.69, 9.17) is 0 Å². The molecule has 4 nitrogen and oxygen atoms in total. The normalized spacial score (nSPS) is 22.6. The second-order valence-electron chi connectivity index (χ2n) is 4.28. The average molecular weight is 208 g/mol. The molecule has 0 saturated carbocycles. The van der Waals surface area contributed by atoms with Gasteiger partial charge in [-0.1, -0.05) is 0 Å². The largest absolute Gasteiger partial charge is 0.317 e. The maximum atomic E-state index is 4.16. The number of aromatic nitrogens is 2. The first kappa shape index (κ1) is 10.6. The molecule has 1 aliphatic rings. The highest BCUT2D eigenvalue weighted by atomic mass is 15.2. The molecule has 0 bridgehead atoms. The number of aryl methyl sites for hydroxylation is 1. The monoisotopic (exact) mass is 208 g/mol. The number of hydrogen-bond acceptors (Lipinski definition) is 3. The molecule has 1 atom stereocenters. The lowest BCUT2D eigenvalue weighted by atomic mass is 10.1. The van der Waals surface area contributed by atoms with Gasteiger partial charge < -0.3 is 10.6 Å². The van der Waals surface area contributed by atoms with Gasteiger partial charge in [0.25, 0.3) is 0 Å². The molecule has 15 heavy (non-hydrogen) atoms. The Bertz CT molecular complexity index is 287. The Balaban J connectivity index is 1.76. The van der Waals surface area contributed by atoms with Crippen molar-refractivity contribution in [3.8, 4) is 0 Å². The first-order valence-corrected chi connectivity index (χ1v) is 5.76. The van der Waals surface area contributed by atoms with Crippen molar-refractivity contribution in [3.05, 3.63) is 18.0 Å². The molecule has 0 aromatic carbocycles. The lowest BCUT2D eigenvalue weighted by molar-refractivity contribution is 0.468. The minimum absolute atomic E-state index is 0.667. The van der Waals surface area contributed by atoms with Crippen molar-refractivity contribution < 1.29 is 0 Å². The van der Waals surface area contributed by atoms with E-state index in [1.807, 2.05) is 17.9 Å². The van der Waals surface area contributed by atoms with Crippen molar-refractivity contribution in [3.63, 3.8) is 0 Å². The van der Waals surface area contributed by atoms with Crippen LogP contribution in [-0.2, 0) is 13.6 Å². The molecule has 1 aromatic rings. The molecule has 1 aliphatic heterocycles. The minimum Gasteiger partial charge on any atom is -0.317 e. The highest BCUT2D eigenvalue weighted by molar-refractivity contribution is 5.03. The van der Waals surface area contributed by atoms with Crippen molar-refractivity contribution in [1.82, 2.24) is 20.4 Å². The highest BCUT2D eigenvalue weighted by Crippen LogP contribution is 2.06. The molecule has 2 heterocycles. The Kier molecular flexibility index (Phi) is 3.75. The molecule has 84 valence electrons. The maximum Gasteiger partial charge on any atom is 0.0534 e. The van der Waals surface area contributed by atoms with E-state index in [-0.39, 0.29) is 0 Å². The topological polar surface area (TPSA) is 41.9 Å². The van der Waals surface area contributed by atoms with Gasteiger partial charge in [-0.05, 0) is 32.4 Å². The van der Waals surface area contributed by atoms with Gasteiger partial charge in [-0.3, -0.25) is 4.68 Å². The SMILES string of the molecule is Cn1cc(CNC2CCCNCC2)cn1. The van der Waals surface area contributed by atoms with Gasteiger partial charge in [0.05, 0.1) is 6.20 Å². The summed E-state index contributed by atoms with van der Waals surface area (Å²) in [4.78, 5) is 0. The predicted molar refractivity (Wildman–Crippen MR) is 60.6 cm³/mol. The summed E-state index contributed by atoms with van der Waals surface area (Å²) in [6, 6.07) is 0.667. The lowest BCUT2D eigenvalue weighted by Crippen LogP contribution is -2.29. The lowest BCUT2D eigenvalue weighted by Gasteiger charge is -2.14. The summed E-state index contributed by atoms with van der Waals surface area (Å²) in [5.41, 5.74) is 1.27. The Labute approximate surface area is 91.1 Å². The number of nitrogens with zero attached hydrogens (tertiary/aromatic N) is 2. The Morgan fingerprint density at radius 2 is 2.47 bits per heavy atom. The van der Waals surface area contributed by atoms with Crippen LogP contribution in [0.4, 0.5) is 0 Å². The first-order chi connectivity index (χ1) is 7.34. The van der Waals surface area contributed by atoms with Crippen LogP contribution in [0, 0.1) is 0 Å². The van der Waals surface area contributed by atoms with Gasteiger partial charge in [-0.25, -0.2) is 0 Å². The summed E-state index contributed by atoms with van der Waals surface area (Å²) >= 11 is 0. The summed E-state index contributed by atoms with van der Waals surface area (Å²) in [7, 11) is 1.96. The van der Waals surface area contributed by atoms with Gasteiger partial charge in [-0.2, -0.15) is 5.10 Å². The van der Waals surface area contributed by atoms with Crippen LogP contribution >= 0.6 is 0 Å². The molecule has 0 spiro atoms. The third-order valence-electron chi connectivity index (χ3n) is 2.93. The van der Waals surface area contributed by atoms with Gasteiger partial charge in [0.2, 0.25) is 0 Å². The van der Waals surface area contributed by atoms with Gasteiger partial charge in [0.1, 0.15) is 0 Å². The molecule has 1 unspecified atom stereocenters. The summed E-state index contributed by atoms with van der Waals surface area (Å²) in [5.74, 6) is 0. The Hall–Kier alpha value is -0.870. The van der Waals surface area contributed by atoms with Crippen molar-refractivity contribution in [2.24, 2.45) is 7.05 Å². The zero-order chi connectivity index (χ0) is 10.5. The van der Waals surface area contributed by atoms with Crippen molar-refractivity contribution in [2.45, 2.75) is 31.8 Å². The third-order valence-corrected chi connectivity index (χ3v) is 2.93. The van der Waals surface area contributed by atoms with E-state index < -0.39 is 0 Å². The first-order valence-electron chi connectivity index (χ1n) is 5.76. The number of rotatable bonds is 3. The number of nitrogens with one attached hydrogen (secondary N) is 2. The standard InChI is InChI=1S/C11H20N4/c1-15-9-10(8-14-15)7-13-11-3-2-5-12-6-4-11/h8-9,11-13H,2-7H2,1H3.